The molecule has 6 nitrogen and oxygen atoms in total. The molecule has 0 unspecified atom stereocenters. The largest absolute Gasteiger partial charge is 0.496 e. The van der Waals surface area contributed by atoms with Crippen molar-refractivity contribution in [2.45, 2.75) is 25.3 Å². The number of piperidine rings is 1. The lowest BCUT2D eigenvalue weighted by Crippen LogP contribution is -2.43. The SMILES string of the molecule is COc1ccccc1CC(=O)N1CCC(Nc2ccc(C#N)nc2)CC1. The molecule has 1 aromatic carbocycles. The molecule has 134 valence electrons. The van der Waals surface area contributed by atoms with E-state index >= 15 is 0 Å². The number of ether oxygens (including phenoxy) is 1. The number of anilines is 1. The first kappa shape index (κ1) is 17.7. The molecule has 0 bridgehead atoms. The van der Waals surface area contributed by atoms with Crippen LogP contribution in [0.5, 0.6) is 5.75 Å². The lowest BCUT2D eigenvalue weighted by Gasteiger charge is -2.33. The molecular formula is C20H22N4O2. The molecule has 2 heterocycles. The molecule has 0 radical (unpaired) electrons. The number of nitrogens with zero attached hydrogens (tertiary/aromatic N) is 3. The average Bonchev–Trinajstić information content (AvgIpc) is 2.69. The van der Waals surface area contributed by atoms with Crippen LogP contribution >= 0.6 is 0 Å². The van der Waals surface area contributed by atoms with Crippen LogP contribution in [0.1, 0.15) is 24.1 Å². The average molecular weight is 350 g/mol. The maximum Gasteiger partial charge on any atom is 0.227 e. The van der Waals surface area contributed by atoms with Crippen LogP contribution in [0, 0.1) is 11.3 Å². The van der Waals surface area contributed by atoms with Crippen LogP contribution in [-0.2, 0) is 11.2 Å². The molecule has 1 saturated heterocycles. The van der Waals surface area contributed by atoms with E-state index in [0.717, 1.165) is 42.9 Å². The number of benzene rings is 1. The minimum absolute atomic E-state index is 0.132. The molecular weight excluding hydrogens is 328 g/mol. The number of para-hydroxylation sites is 1. The summed E-state index contributed by atoms with van der Waals surface area (Å²) < 4.78 is 5.33. The number of aromatic nitrogens is 1. The van der Waals surface area contributed by atoms with E-state index in [4.69, 9.17) is 10.00 Å². The number of hydrogen-bond acceptors (Lipinski definition) is 5. The maximum atomic E-state index is 12.6. The number of pyridine rings is 1. The highest BCUT2D eigenvalue weighted by Crippen LogP contribution is 2.21. The summed E-state index contributed by atoms with van der Waals surface area (Å²) in [4.78, 5) is 18.6. The van der Waals surface area contributed by atoms with Gasteiger partial charge in [-0.05, 0) is 31.0 Å². The topological polar surface area (TPSA) is 78.2 Å². The van der Waals surface area contributed by atoms with Crippen molar-refractivity contribution in [3.05, 3.63) is 53.9 Å². The lowest BCUT2D eigenvalue weighted by atomic mass is 10.0. The summed E-state index contributed by atoms with van der Waals surface area (Å²) in [6.45, 7) is 1.46. The Bertz CT molecular complexity index is 790. The smallest absolute Gasteiger partial charge is 0.227 e. The first-order chi connectivity index (χ1) is 12.7. The summed E-state index contributed by atoms with van der Waals surface area (Å²) in [6.07, 6.45) is 3.81. The molecule has 0 aliphatic carbocycles. The summed E-state index contributed by atoms with van der Waals surface area (Å²) in [6, 6.07) is 13.5. The van der Waals surface area contributed by atoms with Crippen molar-refractivity contribution in [2.75, 3.05) is 25.5 Å². The van der Waals surface area contributed by atoms with Crippen LogP contribution in [-0.4, -0.2) is 42.0 Å². The van der Waals surface area contributed by atoms with Gasteiger partial charge < -0.3 is 15.0 Å². The molecule has 0 spiro atoms. The van der Waals surface area contributed by atoms with E-state index in [0.29, 0.717) is 18.2 Å². The van der Waals surface area contributed by atoms with E-state index < -0.39 is 0 Å². The summed E-state index contributed by atoms with van der Waals surface area (Å²) >= 11 is 0. The van der Waals surface area contributed by atoms with Gasteiger partial charge in [0, 0.05) is 24.7 Å². The zero-order valence-electron chi connectivity index (χ0n) is 14.8. The summed E-state index contributed by atoms with van der Waals surface area (Å²) in [7, 11) is 1.62. The first-order valence-corrected chi connectivity index (χ1v) is 8.72. The number of carbonyl (C=O) groups excluding carboxylic acids is 1. The van der Waals surface area contributed by atoms with Crippen LogP contribution in [0.4, 0.5) is 5.69 Å². The summed E-state index contributed by atoms with van der Waals surface area (Å²) in [5.74, 6) is 0.888. The lowest BCUT2D eigenvalue weighted by molar-refractivity contribution is -0.131. The number of carbonyl (C=O) groups is 1. The fourth-order valence-electron chi connectivity index (χ4n) is 3.18. The minimum atomic E-state index is 0.132. The Morgan fingerprint density at radius 2 is 2.08 bits per heavy atom. The van der Waals surface area contributed by atoms with Crippen molar-refractivity contribution in [2.24, 2.45) is 0 Å². The van der Waals surface area contributed by atoms with Crippen LogP contribution < -0.4 is 10.1 Å². The van der Waals surface area contributed by atoms with Crippen LogP contribution in [0.15, 0.2) is 42.6 Å². The Labute approximate surface area is 153 Å². The van der Waals surface area contributed by atoms with Crippen molar-refractivity contribution < 1.29 is 9.53 Å². The molecule has 1 N–H and O–H groups in total. The van der Waals surface area contributed by atoms with Gasteiger partial charge in [0.05, 0.1) is 25.4 Å². The third kappa shape index (κ3) is 4.31. The number of rotatable bonds is 5. The van der Waals surface area contributed by atoms with E-state index in [-0.39, 0.29) is 5.91 Å². The Balaban J connectivity index is 1.51. The van der Waals surface area contributed by atoms with Gasteiger partial charge in [0.25, 0.3) is 0 Å². The second kappa shape index (κ2) is 8.34. The van der Waals surface area contributed by atoms with E-state index in [1.54, 1.807) is 19.4 Å². The second-order valence-corrected chi connectivity index (χ2v) is 6.33. The molecule has 0 atom stereocenters. The van der Waals surface area contributed by atoms with E-state index in [2.05, 4.69) is 10.3 Å². The first-order valence-electron chi connectivity index (χ1n) is 8.72. The minimum Gasteiger partial charge on any atom is -0.496 e. The third-order valence-electron chi connectivity index (χ3n) is 4.63. The van der Waals surface area contributed by atoms with Gasteiger partial charge in [-0.15, -0.1) is 0 Å². The van der Waals surface area contributed by atoms with Crippen molar-refractivity contribution in [1.82, 2.24) is 9.88 Å². The molecule has 1 aliphatic rings. The second-order valence-electron chi connectivity index (χ2n) is 6.33. The van der Waals surface area contributed by atoms with Gasteiger partial charge in [0.15, 0.2) is 0 Å². The molecule has 6 heteroatoms. The van der Waals surface area contributed by atoms with E-state index in [1.165, 1.54) is 0 Å². The Hall–Kier alpha value is -3.07. The highest BCUT2D eigenvalue weighted by atomic mass is 16.5. The molecule has 1 aromatic heterocycles. The quantitative estimate of drug-likeness (QED) is 0.897. The number of hydrogen-bond donors (Lipinski definition) is 1. The molecule has 0 saturated carbocycles. The van der Waals surface area contributed by atoms with Crippen molar-refractivity contribution >= 4 is 11.6 Å². The Kier molecular flexibility index (Phi) is 5.69. The molecule has 3 rings (SSSR count). The molecule has 1 amide bonds. The van der Waals surface area contributed by atoms with Gasteiger partial charge in [-0.25, -0.2) is 4.98 Å². The summed E-state index contributed by atoms with van der Waals surface area (Å²) in [5, 5.41) is 12.2. The van der Waals surface area contributed by atoms with Gasteiger partial charge in [-0.2, -0.15) is 5.26 Å². The summed E-state index contributed by atoms with van der Waals surface area (Å²) in [5.41, 5.74) is 2.24. The number of nitrogens with one attached hydrogen (secondary N) is 1. The molecule has 1 aliphatic heterocycles. The van der Waals surface area contributed by atoms with Crippen LogP contribution in [0.2, 0.25) is 0 Å². The zero-order valence-corrected chi connectivity index (χ0v) is 14.8. The Morgan fingerprint density at radius 1 is 1.31 bits per heavy atom. The highest BCUT2D eigenvalue weighted by molar-refractivity contribution is 5.79. The number of likely N-dealkylation sites (tertiary alicyclic amines) is 1. The third-order valence-corrected chi connectivity index (χ3v) is 4.63. The van der Waals surface area contributed by atoms with E-state index in [1.807, 2.05) is 41.3 Å². The highest BCUT2D eigenvalue weighted by Gasteiger charge is 2.23. The van der Waals surface area contributed by atoms with Crippen molar-refractivity contribution in [1.29, 1.82) is 5.26 Å². The normalized spacial score (nSPS) is 14.5. The number of nitriles is 1. The fourth-order valence-corrected chi connectivity index (χ4v) is 3.18. The van der Waals surface area contributed by atoms with Gasteiger partial charge in [0.2, 0.25) is 5.91 Å². The van der Waals surface area contributed by atoms with E-state index in [9.17, 15) is 4.79 Å². The van der Waals surface area contributed by atoms with Crippen molar-refractivity contribution in [3.63, 3.8) is 0 Å². The number of methoxy groups -OCH3 is 1. The van der Waals surface area contributed by atoms with Gasteiger partial charge >= 0.3 is 0 Å². The predicted molar refractivity (Wildman–Crippen MR) is 98.9 cm³/mol. The Morgan fingerprint density at radius 3 is 2.73 bits per heavy atom. The monoisotopic (exact) mass is 350 g/mol. The number of amides is 1. The van der Waals surface area contributed by atoms with Gasteiger partial charge in [-0.1, -0.05) is 18.2 Å². The molecule has 2 aromatic rings. The van der Waals surface area contributed by atoms with Gasteiger partial charge in [0.1, 0.15) is 17.5 Å². The zero-order chi connectivity index (χ0) is 18.4. The van der Waals surface area contributed by atoms with Crippen LogP contribution in [0.25, 0.3) is 0 Å². The van der Waals surface area contributed by atoms with Crippen LogP contribution in [0.3, 0.4) is 0 Å². The molecule has 26 heavy (non-hydrogen) atoms. The standard InChI is InChI=1S/C20H22N4O2/c1-26-19-5-3-2-4-15(19)12-20(25)24-10-8-16(9-11-24)23-18-7-6-17(13-21)22-14-18/h2-7,14,16,23H,8-12H2,1H3. The predicted octanol–water partition coefficient (Wildman–Crippen LogP) is 2.61. The fraction of sp³-hybridized carbons (Fsp3) is 0.350. The van der Waals surface area contributed by atoms with Crippen molar-refractivity contribution in [3.8, 4) is 11.8 Å². The maximum absolute atomic E-state index is 12.6. The van der Waals surface area contributed by atoms with Gasteiger partial charge in [-0.3, -0.25) is 4.79 Å². The molecule has 1 fully saturated rings.